The van der Waals surface area contributed by atoms with Crippen LogP contribution in [-0.4, -0.2) is 36.1 Å². The third kappa shape index (κ3) is 3.51. The standard InChI is InChI=1S/C14H23N3/c1-11-10-17(3)8-7-14(11)15-9-13-6-4-5-12(2)16-13/h4-6,11,14-15H,7-10H2,1-3H3. The summed E-state index contributed by atoms with van der Waals surface area (Å²) in [6.07, 6.45) is 1.24. The molecule has 1 aromatic heterocycles. The number of piperidine rings is 1. The number of rotatable bonds is 3. The molecule has 1 aliphatic rings. The minimum Gasteiger partial charge on any atom is -0.308 e. The molecule has 0 bridgehead atoms. The van der Waals surface area contributed by atoms with E-state index >= 15 is 0 Å². The molecule has 1 saturated heterocycles. The van der Waals surface area contributed by atoms with Gasteiger partial charge in [-0.05, 0) is 45.0 Å². The molecule has 2 rings (SSSR count). The first-order valence-corrected chi connectivity index (χ1v) is 6.49. The summed E-state index contributed by atoms with van der Waals surface area (Å²) < 4.78 is 0. The Morgan fingerprint density at radius 3 is 3.00 bits per heavy atom. The Morgan fingerprint density at radius 2 is 2.29 bits per heavy atom. The zero-order valence-corrected chi connectivity index (χ0v) is 11.1. The van der Waals surface area contributed by atoms with Gasteiger partial charge in [0.2, 0.25) is 0 Å². The van der Waals surface area contributed by atoms with E-state index in [1.165, 1.54) is 19.5 Å². The first-order chi connectivity index (χ1) is 8.15. The van der Waals surface area contributed by atoms with Crippen molar-refractivity contribution < 1.29 is 0 Å². The fourth-order valence-electron chi connectivity index (χ4n) is 2.59. The Bertz CT molecular complexity index is 364. The summed E-state index contributed by atoms with van der Waals surface area (Å²) in [5.41, 5.74) is 2.25. The van der Waals surface area contributed by atoms with Gasteiger partial charge >= 0.3 is 0 Å². The topological polar surface area (TPSA) is 28.2 Å². The Hall–Kier alpha value is -0.930. The van der Waals surface area contributed by atoms with Crippen molar-refractivity contribution in [2.75, 3.05) is 20.1 Å². The largest absolute Gasteiger partial charge is 0.308 e. The van der Waals surface area contributed by atoms with Gasteiger partial charge in [0.25, 0.3) is 0 Å². The molecule has 1 aromatic rings. The van der Waals surface area contributed by atoms with E-state index in [2.05, 4.69) is 41.3 Å². The first kappa shape index (κ1) is 12.5. The van der Waals surface area contributed by atoms with Gasteiger partial charge < -0.3 is 10.2 Å². The average Bonchev–Trinajstić information content (AvgIpc) is 2.28. The molecule has 2 heterocycles. The maximum Gasteiger partial charge on any atom is 0.0544 e. The maximum atomic E-state index is 4.52. The summed E-state index contributed by atoms with van der Waals surface area (Å²) in [6.45, 7) is 7.65. The van der Waals surface area contributed by atoms with Crippen LogP contribution in [0, 0.1) is 12.8 Å². The number of nitrogens with one attached hydrogen (secondary N) is 1. The summed E-state index contributed by atoms with van der Waals surface area (Å²) in [6, 6.07) is 6.85. The van der Waals surface area contributed by atoms with Crippen LogP contribution in [0.25, 0.3) is 0 Å². The van der Waals surface area contributed by atoms with Gasteiger partial charge in [0.1, 0.15) is 0 Å². The van der Waals surface area contributed by atoms with Gasteiger partial charge in [-0.2, -0.15) is 0 Å². The quantitative estimate of drug-likeness (QED) is 0.863. The van der Waals surface area contributed by atoms with E-state index in [1.54, 1.807) is 0 Å². The fourth-order valence-corrected chi connectivity index (χ4v) is 2.59. The van der Waals surface area contributed by atoms with Gasteiger partial charge in [-0.25, -0.2) is 0 Å². The molecular formula is C14H23N3. The number of hydrogen-bond acceptors (Lipinski definition) is 3. The van der Waals surface area contributed by atoms with Crippen LogP contribution in [0.1, 0.15) is 24.7 Å². The highest BCUT2D eigenvalue weighted by atomic mass is 15.1. The van der Waals surface area contributed by atoms with Gasteiger partial charge in [0.15, 0.2) is 0 Å². The van der Waals surface area contributed by atoms with Crippen LogP contribution in [-0.2, 0) is 6.54 Å². The molecule has 0 amide bonds. The Kier molecular flexibility index (Phi) is 4.13. The van der Waals surface area contributed by atoms with Crippen LogP contribution >= 0.6 is 0 Å². The minimum absolute atomic E-state index is 0.633. The lowest BCUT2D eigenvalue weighted by molar-refractivity contribution is 0.174. The number of nitrogens with zero attached hydrogens (tertiary/aromatic N) is 2. The number of hydrogen-bond donors (Lipinski definition) is 1. The van der Waals surface area contributed by atoms with E-state index < -0.39 is 0 Å². The summed E-state index contributed by atoms with van der Waals surface area (Å²) in [5.74, 6) is 0.721. The summed E-state index contributed by atoms with van der Waals surface area (Å²) in [5, 5.41) is 3.65. The van der Waals surface area contributed by atoms with Crippen molar-refractivity contribution in [3.63, 3.8) is 0 Å². The average molecular weight is 233 g/mol. The van der Waals surface area contributed by atoms with Crippen LogP contribution < -0.4 is 5.32 Å². The van der Waals surface area contributed by atoms with Crippen LogP contribution in [0.15, 0.2) is 18.2 Å². The molecule has 0 radical (unpaired) electrons. The maximum absolute atomic E-state index is 4.52. The van der Waals surface area contributed by atoms with Crippen molar-refractivity contribution >= 4 is 0 Å². The zero-order valence-electron chi connectivity index (χ0n) is 11.1. The summed E-state index contributed by atoms with van der Waals surface area (Å²) in [7, 11) is 2.20. The highest BCUT2D eigenvalue weighted by Gasteiger charge is 2.23. The molecule has 0 saturated carbocycles. The number of pyridine rings is 1. The van der Waals surface area contributed by atoms with Crippen LogP contribution in [0.2, 0.25) is 0 Å². The molecule has 1 aliphatic heterocycles. The predicted molar refractivity (Wildman–Crippen MR) is 70.9 cm³/mol. The molecule has 0 spiro atoms. The van der Waals surface area contributed by atoms with Crippen molar-refractivity contribution in [2.24, 2.45) is 5.92 Å². The molecule has 0 aromatic carbocycles. The molecule has 0 aliphatic carbocycles. The monoisotopic (exact) mass is 233 g/mol. The fraction of sp³-hybridized carbons (Fsp3) is 0.643. The zero-order chi connectivity index (χ0) is 12.3. The first-order valence-electron chi connectivity index (χ1n) is 6.49. The highest BCUT2D eigenvalue weighted by molar-refractivity contribution is 5.09. The third-order valence-corrected chi connectivity index (χ3v) is 3.60. The van der Waals surface area contributed by atoms with Gasteiger partial charge in [0, 0.05) is 24.8 Å². The molecule has 3 heteroatoms. The van der Waals surface area contributed by atoms with E-state index in [4.69, 9.17) is 0 Å². The van der Waals surface area contributed by atoms with Gasteiger partial charge in [0.05, 0.1) is 5.69 Å². The SMILES string of the molecule is Cc1cccc(CNC2CCN(C)CC2C)n1. The summed E-state index contributed by atoms with van der Waals surface area (Å²) in [4.78, 5) is 6.94. The molecule has 94 valence electrons. The minimum atomic E-state index is 0.633. The molecule has 1 N–H and O–H groups in total. The second kappa shape index (κ2) is 5.61. The highest BCUT2D eigenvalue weighted by Crippen LogP contribution is 2.15. The Morgan fingerprint density at radius 1 is 1.47 bits per heavy atom. The molecule has 3 nitrogen and oxygen atoms in total. The predicted octanol–water partition coefficient (Wildman–Crippen LogP) is 1.82. The number of likely N-dealkylation sites (tertiary alicyclic amines) is 1. The van der Waals surface area contributed by atoms with Crippen molar-refractivity contribution in [1.82, 2.24) is 15.2 Å². The number of aromatic nitrogens is 1. The van der Waals surface area contributed by atoms with Crippen LogP contribution in [0.3, 0.4) is 0 Å². The van der Waals surface area contributed by atoms with E-state index in [-0.39, 0.29) is 0 Å². The lowest BCUT2D eigenvalue weighted by Gasteiger charge is -2.35. The van der Waals surface area contributed by atoms with E-state index in [1.807, 2.05) is 13.0 Å². The van der Waals surface area contributed by atoms with Crippen molar-refractivity contribution in [3.05, 3.63) is 29.6 Å². The second-order valence-corrected chi connectivity index (χ2v) is 5.29. The van der Waals surface area contributed by atoms with E-state index in [0.29, 0.717) is 6.04 Å². The lowest BCUT2D eigenvalue weighted by atomic mass is 9.94. The van der Waals surface area contributed by atoms with Crippen LogP contribution in [0.5, 0.6) is 0 Å². The smallest absolute Gasteiger partial charge is 0.0544 e. The van der Waals surface area contributed by atoms with Gasteiger partial charge in [-0.15, -0.1) is 0 Å². The molecular weight excluding hydrogens is 210 g/mol. The second-order valence-electron chi connectivity index (χ2n) is 5.29. The van der Waals surface area contributed by atoms with Crippen LogP contribution in [0.4, 0.5) is 0 Å². The Balaban J connectivity index is 1.86. The third-order valence-electron chi connectivity index (χ3n) is 3.60. The van der Waals surface area contributed by atoms with Gasteiger partial charge in [-0.1, -0.05) is 13.0 Å². The molecule has 2 atom stereocenters. The molecule has 17 heavy (non-hydrogen) atoms. The van der Waals surface area contributed by atoms with Crippen molar-refractivity contribution in [1.29, 1.82) is 0 Å². The normalized spacial score (nSPS) is 26.1. The lowest BCUT2D eigenvalue weighted by Crippen LogP contribution is -2.46. The molecule has 2 unspecified atom stereocenters. The molecule has 1 fully saturated rings. The van der Waals surface area contributed by atoms with Crippen molar-refractivity contribution in [2.45, 2.75) is 32.9 Å². The van der Waals surface area contributed by atoms with Gasteiger partial charge in [-0.3, -0.25) is 4.98 Å². The van der Waals surface area contributed by atoms with Crippen molar-refractivity contribution in [3.8, 4) is 0 Å². The summed E-state index contributed by atoms with van der Waals surface area (Å²) >= 11 is 0. The van der Waals surface area contributed by atoms with E-state index in [9.17, 15) is 0 Å². The number of aryl methyl sites for hydroxylation is 1. The van der Waals surface area contributed by atoms with E-state index in [0.717, 1.165) is 23.9 Å². The Labute approximate surface area is 104 Å².